The minimum Gasteiger partial charge on any atom is -0.390 e. The molecule has 8 nitrogen and oxygen atoms in total. The van der Waals surface area contributed by atoms with E-state index < -0.39 is 6.10 Å². The van der Waals surface area contributed by atoms with E-state index in [2.05, 4.69) is 62.9 Å². The van der Waals surface area contributed by atoms with Gasteiger partial charge in [0.25, 0.3) is 0 Å². The number of aliphatic hydroxyl groups is 1. The number of benzene rings is 1. The van der Waals surface area contributed by atoms with E-state index in [4.69, 9.17) is 4.99 Å². The van der Waals surface area contributed by atoms with Crippen molar-refractivity contribution in [3.05, 3.63) is 47.8 Å². The maximum absolute atomic E-state index is 10.6. The number of hydrogen-bond acceptors (Lipinski definition) is 5. The van der Waals surface area contributed by atoms with Gasteiger partial charge in [0.1, 0.15) is 0 Å². The number of guanidine groups is 1. The van der Waals surface area contributed by atoms with Crippen LogP contribution in [0.2, 0.25) is 0 Å². The lowest BCUT2D eigenvalue weighted by Gasteiger charge is -2.34. The first-order valence-corrected chi connectivity index (χ1v) is 11.9. The fourth-order valence-corrected chi connectivity index (χ4v) is 4.68. The molecule has 0 radical (unpaired) electrons. The third-order valence-corrected chi connectivity index (χ3v) is 6.30. The number of anilines is 1. The second-order valence-corrected chi connectivity index (χ2v) is 8.93. The Morgan fingerprint density at radius 1 is 1.28 bits per heavy atom. The Hall–Kier alpha value is -2.58. The number of nitrogens with one attached hydrogen (secondary N) is 2. The Morgan fingerprint density at radius 3 is 2.91 bits per heavy atom. The quantitative estimate of drug-likeness (QED) is 0.447. The van der Waals surface area contributed by atoms with Crippen molar-refractivity contribution in [1.82, 2.24) is 25.3 Å². The highest BCUT2D eigenvalue weighted by molar-refractivity contribution is 5.80. The molecule has 1 fully saturated rings. The van der Waals surface area contributed by atoms with Gasteiger partial charge in [0.05, 0.1) is 24.5 Å². The fourth-order valence-electron chi connectivity index (χ4n) is 4.68. The zero-order valence-corrected chi connectivity index (χ0v) is 19.4. The lowest BCUT2D eigenvalue weighted by molar-refractivity contribution is 0.111. The van der Waals surface area contributed by atoms with Crippen molar-refractivity contribution in [3.63, 3.8) is 0 Å². The van der Waals surface area contributed by atoms with Gasteiger partial charge in [-0.15, -0.1) is 0 Å². The number of aromatic nitrogens is 2. The van der Waals surface area contributed by atoms with Gasteiger partial charge in [0.2, 0.25) is 0 Å². The number of aliphatic hydroxyl groups excluding tert-OH is 1. The van der Waals surface area contributed by atoms with Gasteiger partial charge in [-0.05, 0) is 37.3 Å². The molecule has 4 rings (SSSR count). The lowest BCUT2D eigenvalue weighted by Crippen LogP contribution is -2.51. The van der Waals surface area contributed by atoms with E-state index in [0.717, 1.165) is 57.9 Å². The van der Waals surface area contributed by atoms with Gasteiger partial charge in [0, 0.05) is 58.6 Å². The van der Waals surface area contributed by atoms with Crippen molar-refractivity contribution >= 4 is 11.6 Å². The molecule has 3 heterocycles. The molecule has 2 unspecified atom stereocenters. The normalized spacial score (nSPS) is 20.7. The summed E-state index contributed by atoms with van der Waals surface area (Å²) in [5.41, 5.74) is 3.97. The van der Waals surface area contributed by atoms with E-state index >= 15 is 0 Å². The molecule has 2 aliphatic heterocycles. The third kappa shape index (κ3) is 6.01. The number of hydrogen-bond donors (Lipinski definition) is 3. The van der Waals surface area contributed by atoms with Crippen molar-refractivity contribution in [2.45, 2.75) is 44.9 Å². The van der Waals surface area contributed by atoms with E-state index in [9.17, 15) is 5.11 Å². The summed E-state index contributed by atoms with van der Waals surface area (Å²) in [6.45, 7) is 7.78. The molecule has 0 saturated carbocycles. The first-order valence-electron chi connectivity index (χ1n) is 11.9. The first-order chi connectivity index (χ1) is 15.6. The Labute approximate surface area is 191 Å². The molecule has 2 aliphatic rings. The summed E-state index contributed by atoms with van der Waals surface area (Å²) in [4.78, 5) is 9.41. The molecule has 1 aromatic carbocycles. The maximum atomic E-state index is 10.6. The van der Waals surface area contributed by atoms with E-state index in [1.54, 1.807) is 0 Å². The first kappa shape index (κ1) is 22.6. The maximum Gasteiger partial charge on any atom is 0.191 e. The van der Waals surface area contributed by atoms with Gasteiger partial charge in [-0.2, -0.15) is 5.10 Å². The van der Waals surface area contributed by atoms with E-state index in [0.29, 0.717) is 19.1 Å². The Balaban J connectivity index is 1.28. The Morgan fingerprint density at radius 2 is 2.12 bits per heavy atom. The van der Waals surface area contributed by atoms with Crippen LogP contribution in [0.15, 0.2) is 41.7 Å². The molecular weight excluding hydrogens is 402 g/mol. The topological polar surface area (TPSA) is 81.0 Å². The summed E-state index contributed by atoms with van der Waals surface area (Å²) in [5, 5.41) is 21.9. The number of fused-ring (bicyclic) bond motifs is 1. The average molecular weight is 440 g/mol. The molecular formula is C24H37N7O. The summed E-state index contributed by atoms with van der Waals surface area (Å²) in [7, 11) is 1.95. The summed E-state index contributed by atoms with van der Waals surface area (Å²) in [5.74, 6) is 0.786. The van der Waals surface area contributed by atoms with Crippen LogP contribution in [-0.2, 0) is 20.0 Å². The summed E-state index contributed by atoms with van der Waals surface area (Å²) in [6.07, 6.45) is 6.80. The number of aryl methyl sites for hydroxylation is 1. The van der Waals surface area contributed by atoms with Crippen molar-refractivity contribution in [2.24, 2.45) is 12.0 Å². The number of nitrogens with zero attached hydrogens (tertiary/aromatic N) is 5. The SMILES string of the molecule is CCNC(=NCC(O)CN1CCc2ccccc2C1)NC1CCCN(c2cnn(C)c2)C1. The third-order valence-electron chi connectivity index (χ3n) is 6.30. The second kappa shape index (κ2) is 10.8. The number of piperidine rings is 1. The molecule has 0 bridgehead atoms. The molecule has 0 amide bonds. The standard InChI is InChI=1S/C24H37N7O/c1-3-25-24(28-21-9-6-11-31(16-21)22-13-27-29(2)17-22)26-14-23(32)18-30-12-10-19-7-4-5-8-20(19)15-30/h4-5,7-8,13,17,21,23,32H,3,6,9-12,14-16,18H2,1-2H3,(H2,25,26,28). The van der Waals surface area contributed by atoms with Crippen LogP contribution in [0.1, 0.15) is 30.9 Å². The van der Waals surface area contributed by atoms with Crippen LogP contribution in [0.4, 0.5) is 5.69 Å². The predicted octanol–water partition coefficient (Wildman–Crippen LogP) is 1.36. The minimum atomic E-state index is -0.478. The predicted molar refractivity (Wildman–Crippen MR) is 129 cm³/mol. The van der Waals surface area contributed by atoms with Crippen molar-refractivity contribution in [3.8, 4) is 0 Å². The van der Waals surface area contributed by atoms with Crippen LogP contribution in [0, 0.1) is 0 Å². The Bertz CT molecular complexity index is 896. The zero-order chi connectivity index (χ0) is 22.3. The largest absolute Gasteiger partial charge is 0.390 e. The van der Waals surface area contributed by atoms with Crippen LogP contribution >= 0.6 is 0 Å². The van der Waals surface area contributed by atoms with Gasteiger partial charge in [0.15, 0.2) is 5.96 Å². The molecule has 1 aromatic heterocycles. The smallest absolute Gasteiger partial charge is 0.191 e. The molecule has 0 aliphatic carbocycles. The van der Waals surface area contributed by atoms with Crippen LogP contribution < -0.4 is 15.5 Å². The molecule has 174 valence electrons. The molecule has 2 atom stereocenters. The van der Waals surface area contributed by atoms with Crippen LogP contribution in [0.5, 0.6) is 0 Å². The minimum absolute atomic E-state index is 0.317. The molecule has 32 heavy (non-hydrogen) atoms. The van der Waals surface area contributed by atoms with E-state index in [-0.39, 0.29) is 0 Å². The highest BCUT2D eigenvalue weighted by atomic mass is 16.3. The fraction of sp³-hybridized carbons (Fsp3) is 0.583. The summed E-state index contributed by atoms with van der Waals surface area (Å²) >= 11 is 0. The molecule has 8 heteroatoms. The van der Waals surface area contributed by atoms with E-state index in [1.165, 1.54) is 16.8 Å². The van der Waals surface area contributed by atoms with Gasteiger partial charge in [-0.25, -0.2) is 0 Å². The van der Waals surface area contributed by atoms with Crippen molar-refractivity contribution in [2.75, 3.05) is 44.2 Å². The number of aliphatic imine (C=N–C) groups is 1. The highest BCUT2D eigenvalue weighted by Crippen LogP contribution is 2.20. The van der Waals surface area contributed by atoms with Gasteiger partial charge in [-0.3, -0.25) is 14.6 Å². The molecule has 1 saturated heterocycles. The zero-order valence-electron chi connectivity index (χ0n) is 19.4. The monoisotopic (exact) mass is 439 g/mol. The van der Waals surface area contributed by atoms with Crippen molar-refractivity contribution < 1.29 is 5.11 Å². The summed E-state index contributed by atoms with van der Waals surface area (Å²) in [6, 6.07) is 8.92. The van der Waals surface area contributed by atoms with Crippen LogP contribution in [0.25, 0.3) is 0 Å². The van der Waals surface area contributed by atoms with Gasteiger partial charge in [-0.1, -0.05) is 24.3 Å². The van der Waals surface area contributed by atoms with Crippen LogP contribution in [-0.4, -0.2) is 77.2 Å². The molecule has 2 aromatic rings. The molecule has 3 N–H and O–H groups in total. The van der Waals surface area contributed by atoms with Crippen molar-refractivity contribution in [1.29, 1.82) is 0 Å². The summed E-state index contributed by atoms with van der Waals surface area (Å²) < 4.78 is 1.85. The van der Waals surface area contributed by atoms with Gasteiger partial charge < -0.3 is 20.6 Å². The van der Waals surface area contributed by atoms with E-state index in [1.807, 2.05) is 17.9 Å². The highest BCUT2D eigenvalue weighted by Gasteiger charge is 2.22. The lowest BCUT2D eigenvalue weighted by atomic mass is 10.00. The van der Waals surface area contributed by atoms with Crippen LogP contribution in [0.3, 0.4) is 0 Å². The average Bonchev–Trinajstić information content (AvgIpc) is 3.24. The Kier molecular flexibility index (Phi) is 7.65. The molecule has 0 spiro atoms. The van der Waals surface area contributed by atoms with Gasteiger partial charge >= 0.3 is 0 Å². The second-order valence-electron chi connectivity index (χ2n) is 8.93. The number of β-amino-alcohol motifs (C(OH)–C–C–N with tert-alkyl or cyclic N) is 1. The number of rotatable bonds is 7.